The second kappa shape index (κ2) is 3.98. The Morgan fingerprint density at radius 3 is 3.14 bits per heavy atom. The van der Waals surface area contributed by atoms with Crippen LogP contribution in [0.2, 0.25) is 0 Å². The summed E-state index contributed by atoms with van der Waals surface area (Å²) in [5, 5.41) is 12.3. The van der Waals surface area contributed by atoms with Crippen molar-refractivity contribution < 1.29 is 9.84 Å². The lowest BCUT2D eigenvalue weighted by molar-refractivity contribution is 0.234. The lowest BCUT2D eigenvalue weighted by Gasteiger charge is -2.25. The standard InChI is InChI=1S/C11H15NO2/c1-14-11-4-2-3-8-6-12-9(7-13)5-10(8)11/h2-4,9,12-13H,5-7H2,1H3. The minimum atomic E-state index is 0.166. The Labute approximate surface area is 83.7 Å². The van der Waals surface area contributed by atoms with E-state index in [4.69, 9.17) is 9.84 Å². The number of aliphatic hydroxyl groups is 1. The van der Waals surface area contributed by atoms with Gasteiger partial charge in [-0.25, -0.2) is 0 Å². The molecule has 0 aliphatic carbocycles. The van der Waals surface area contributed by atoms with Crippen LogP contribution in [0.4, 0.5) is 0 Å². The largest absolute Gasteiger partial charge is 0.496 e. The molecule has 1 unspecified atom stereocenters. The lowest BCUT2D eigenvalue weighted by atomic mass is 9.95. The van der Waals surface area contributed by atoms with E-state index >= 15 is 0 Å². The zero-order chi connectivity index (χ0) is 9.97. The van der Waals surface area contributed by atoms with Gasteiger partial charge in [0.25, 0.3) is 0 Å². The van der Waals surface area contributed by atoms with E-state index in [1.54, 1.807) is 7.11 Å². The first kappa shape index (κ1) is 9.49. The molecule has 0 amide bonds. The minimum absolute atomic E-state index is 0.166. The van der Waals surface area contributed by atoms with Crippen molar-refractivity contribution in [1.82, 2.24) is 5.32 Å². The van der Waals surface area contributed by atoms with Gasteiger partial charge in [-0.3, -0.25) is 0 Å². The minimum Gasteiger partial charge on any atom is -0.496 e. The summed E-state index contributed by atoms with van der Waals surface area (Å²) >= 11 is 0. The zero-order valence-electron chi connectivity index (χ0n) is 8.29. The highest BCUT2D eigenvalue weighted by atomic mass is 16.5. The lowest BCUT2D eigenvalue weighted by Crippen LogP contribution is -2.38. The van der Waals surface area contributed by atoms with E-state index in [2.05, 4.69) is 11.4 Å². The fraction of sp³-hybridized carbons (Fsp3) is 0.455. The van der Waals surface area contributed by atoms with E-state index in [1.165, 1.54) is 11.1 Å². The molecule has 1 aromatic carbocycles. The Morgan fingerprint density at radius 2 is 2.43 bits per heavy atom. The van der Waals surface area contributed by atoms with Gasteiger partial charge < -0.3 is 15.2 Å². The van der Waals surface area contributed by atoms with Gasteiger partial charge in [0.1, 0.15) is 5.75 Å². The molecule has 0 radical (unpaired) electrons. The number of hydrogen-bond acceptors (Lipinski definition) is 3. The molecule has 0 fully saturated rings. The van der Waals surface area contributed by atoms with Gasteiger partial charge in [-0.05, 0) is 18.1 Å². The van der Waals surface area contributed by atoms with Crippen LogP contribution in [0.5, 0.6) is 5.75 Å². The predicted octanol–water partition coefficient (Wildman–Crippen LogP) is 0.702. The van der Waals surface area contributed by atoms with E-state index in [9.17, 15) is 0 Å². The normalized spacial score (nSPS) is 20.3. The average Bonchev–Trinajstić information content (AvgIpc) is 2.27. The molecule has 0 saturated carbocycles. The van der Waals surface area contributed by atoms with Crippen LogP contribution < -0.4 is 10.1 Å². The summed E-state index contributed by atoms with van der Waals surface area (Å²) in [4.78, 5) is 0. The summed E-state index contributed by atoms with van der Waals surface area (Å²) in [6, 6.07) is 6.23. The molecule has 2 rings (SSSR count). The molecule has 0 saturated heterocycles. The third-order valence-corrected chi connectivity index (χ3v) is 2.70. The summed E-state index contributed by atoms with van der Waals surface area (Å²) in [5.74, 6) is 0.933. The van der Waals surface area contributed by atoms with Crippen molar-refractivity contribution in [3.8, 4) is 5.75 Å². The van der Waals surface area contributed by atoms with Crippen molar-refractivity contribution in [3.05, 3.63) is 29.3 Å². The SMILES string of the molecule is COc1cccc2c1CC(CO)NC2. The Kier molecular flexibility index (Phi) is 2.70. The molecule has 2 N–H and O–H groups in total. The van der Waals surface area contributed by atoms with Gasteiger partial charge >= 0.3 is 0 Å². The second-order valence-electron chi connectivity index (χ2n) is 3.56. The van der Waals surface area contributed by atoms with Gasteiger partial charge in [0.05, 0.1) is 13.7 Å². The first-order valence-corrected chi connectivity index (χ1v) is 4.84. The summed E-state index contributed by atoms with van der Waals surface area (Å²) in [6.07, 6.45) is 0.843. The highest BCUT2D eigenvalue weighted by Crippen LogP contribution is 2.26. The van der Waals surface area contributed by atoms with Gasteiger partial charge in [0, 0.05) is 18.2 Å². The zero-order valence-corrected chi connectivity index (χ0v) is 8.29. The van der Waals surface area contributed by atoms with Crippen LogP contribution in [0.3, 0.4) is 0 Å². The van der Waals surface area contributed by atoms with Crippen LogP contribution in [0.15, 0.2) is 18.2 Å². The summed E-state index contributed by atoms with van der Waals surface area (Å²) in [6.45, 7) is 0.995. The van der Waals surface area contributed by atoms with Crippen LogP contribution in [0.1, 0.15) is 11.1 Å². The molecule has 0 spiro atoms. The van der Waals surface area contributed by atoms with Crippen LogP contribution in [0, 0.1) is 0 Å². The van der Waals surface area contributed by atoms with Crippen molar-refractivity contribution in [2.45, 2.75) is 19.0 Å². The number of rotatable bonds is 2. The molecule has 3 nitrogen and oxygen atoms in total. The number of benzene rings is 1. The number of methoxy groups -OCH3 is 1. The molecule has 1 aromatic rings. The van der Waals surface area contributed by atoms with E-state index in [1.807, 2.05) is 12.1 Å². The maximum atomic E-state index is 9.08. The smallest absolute Gasteiger partial charge is 0.122 e. The van der Waals surface area contributed by atoms with Crippen LogP contribution in [-0.2, 0) is 13.0 Å². The molecule has 3 heteroatoms. The van der Waals surface area contributed by atoms with Gasteiger partial charge in [-0.15, -0.1) is 0 Å². The topological polar surface area (TPSA) is 41.5 Å². The molecule has 1 heterocycles. The van der Waals surface area contributed by atoms with E-state index in [-0.39, 0.29) is 12.6 Å². The van der Waals surface area contributed by atoms with Crippen molar-refractivity contribution in [2.75, 3.05) is 13.7 Å². The van der Waals surface area contributed by atoms with Crippen molar-refractivity contribution in [3.63, 3.8) is 0 Å². The Balaban J connectivity index is 2.33. The van der Waals surface area contributed by atoms with Gasteiger partial charge in [-0.2, -0.15) is 0 Å². The number of aliphatic hydroxyl groups excluding tert-OH is 1. The first-order chi connectivity index (χ1) is 6.85. The van der Waals surface area contributed by atoms with Gasteiger partial charge in [0.15, 0.2) is 0 Å². The highest BCUT2D eigenvalue weighted by molar-refractivity contribution is 5.42. The number of nitrogens with one attached hydrogen (secondary N) is 1. The second-order valence-corrected chi connectivity index (χ2v) is 3.56. The highest BCUT2D eigenvalue weighted by Gasteiger charge is 2.19. The Morgan fingerprint density at radius 1 is 1.57 bits per heavy atom. The molecule has 0 aromatic heterocycles. The quantitative estimate of drug-likeness (QED) is 0.726. The molecule has 1 aliphatic heterocycles. The summed E-state index contributed by atoms with van der Waals surface area (Å²) in [7, 11) is 1.69. The molecule has 1 aliphatic rings. The third kappa shape index (κ3) is 1.61. The van der Waals surface area contributed by atoms with E-state index < -0.39 is 0 Å². The maximum Gasteiger partial charge on any atom is 0.122 e. The summed E-state index contributed by atoms with van der Waals surface area (Å²) in [5.41, 5.74) is 2.50. The van der Waals surface area contributed by atoms with Gasteiger partial charge in [-0.1, -0.05) is 12.1 Å². The molecule has 1 atom stereocenters. The number of ether oxygens (including phenoxy) is 1. The van der Waals surface area contributed by atoms with Crippen molar-refractivity contribution in [1.29, 1.82) is 0 Å². The van der Waals surface area contributed by atoms with Crippen molar-refractivity contribution in [2.24, 2.45) is 0 Å². The fourth-order valence-corrected chi connectivity index (χ4v) is 1.90. The summed E-state index contributed by atoms with van der Waals surface area (Å²) < 4.78 is 5.30. The fourth-order valence-electron chi connectivity index (χ4n) is 1.90. The van der Waals surface area contributed by atoms with Crippen molar-refractivity contribution >= 4 is 0 Å². The van der Waals surface area contributed by atoms with Crippen LogP contribution >= 0.6 is 0 Å². The average molecular weight is 193 g/mol. The monoisotopic (exact) mass is 193 g/mol. The molecular formula is C11H15NO2. The van der Waals surface area contributed by atoms with Crippen LogP contribution in [0.25, 0.3) is 0 Å². The van der Waals surface area contributed by atoms with Gasteiger partial charge in [0.2, 0.25) is 0 Å². The van der Waals surface area contributed by atoms with E-state index in [0.717, 1.165) is 18.7 Å². The molecule has 0 bridgehead atoms. The van der Waals surface area contributed by atoms with E-state index in [0.29, 0.717) is 0 Å². The maximum absolute atomic E-state index is 9.08. The first-order valence-electron chi connectivity index (χ1n) is 4.84. The third-order valence-electron chi connectivity index (χ3n) is 2.70. The van der Waals surface area contributed by atoms with Crippen LogP contribution in [-0.4, -0.2) is 24.9 Å². The Bertz CT molecular complexity index is 311. The number of hydrogen-bond donors (Lipinski definition) is 2. The molecule has 14 heavy (non-hydrogen) atoms. The molecule has 76 valence electrons. The number of fused-ring (bicyclic) bond motifs is 1. The Hall–Kier alpha value is -1.06. The predicted molar refractivity (Wildman–Crippen MR) is 54.4 cm³/mol. The molecular weight excluding hydrogens is 178 g/mol.